The number of aliphatic hydroxyl groups is 1. The second kappa shape index (κ2) is 7.29. The van der Waals surface area contributed by atoms with Crippen LogP contribution in [0.3, 0.4) is 0 Å². The van der Waals surface area contributed by atoms with Gasteiger partial charge in [-0.25, -0.2) is 0 Å². The molecule has 1 aliphatic rings. The minimum atomic E-state index is 0.00180. The molecule has 4 nitrogen and oxygen atoms in total. The zero-order valence-electron chi connectivity index (χ0n) is 12.1. The fraction of sp³-hybridized carbons (Fsp3) is 0.562. The lowest BCUT2D eigenvalue weighted by Gasteiger charge is -2.21. The van der Waals surface area contributed by atoms with E-state index in [1.807, 2.05) is 18.2 Å². The number of hydrogen-bond acceptors (Lipinski definition) is 3. The van der Waals surface area contributed by atoms with Crippen molar-refractivity contribution in [3.05, 3.63) is 29.3 Å². The molecule has 1 heterocycles. The molecular weight excluding hydrogens is 252 g/mol. The van der Waals surface area contributed by atoms with Gasteiger partial charge in [-0.3, -0.25) is 4.79 Å². The van der Waals surface area contributed by atoms with Gasteiger partial charge in [-0.1, -0.05) is 19.4 Å². The zero-order chi connectivity index (χ0) is 14.4. The molecule has 0 aromatic heterocycles. The van der Waals surface area contributed by atoms with Crippen molar-refractivity contribution in [1.82, 2.24) is 5.32 Å². The number of nitrogens with one attached hydrogen (secondary N) is 2. The van der Waals surface area contributed by atoms with Crippen LogP contribution in [0.25, 0.3) is 0 Å². The van der Waals surface area contributed by atoms with Crippen LogP contribution in [0.5, 0.6) is 0 Å². The fourth-order valence-electron chi connectivity index (χ4n) is 2.69. The number of rotatable bonds is 6. The van der Waals surface area contributed by atoms with Crippen LogP contribution in [0.2, 0.25) is 0 Å². The second-order valence-corrected chi connectivity index (χ2v) is 5.36. The van der Waals surface area contributed by atoms with Crippen LogP contribution >= 0.6 is 0 Å². The third kappa shape index (κ3) is 3.51. The molecule has 0 saturated carbocycles. The summed E-state index contributed by atoms with van der Waals surface area (Å²) in [4.78, 5) is 12.3. The molecule has 1 aromatic carbocycles. The highest BCUT2D eigenvalue weighted by Gasteiger charge is 2.17. The lowest BCUT2D eigenvalue weighted by Crippen LogP contribution is -2.31. The smallest absolute Gasteiger partial charge is 0.251 e. The molecule has 1 unspecified atom stereocenters. The van der Waals surface area contributed by atoms with Crippen LogP contribution < -0.4 is 10.6 Å². The number of aliphatic hydroxyl groups excluding tert-OH is 1. The van der Waals surface area contributed by atoms with Crippen molar-refractivity contribution < 1.29 is 9.90 Å². The Labute approximate surface area is 120 Å². The SMILES string of the molecule is CCC(CCO)CNC(=O)c1cccc2c1CCCN2. The van der Waals surface area contributed by atoms with E-state index in [4.69, 9.17) is 5.11 Å². The molecule has 2 rings (SSSR count). The van der Waals surface area contributed by atoms with Gasteiger partial charge in [0.2, 0.25) is 0 Å². The number of carbonyl (C=O) groups is 1. The van der Waals surface area contributed by atoms with E-state index in [9.17, 15) is 4.79 Å². The number of anilines is 1. The van der Waals surface area contributed by atoms with E-state index in [2.05, 4.69) is 17.6 Å². The second-order valence-electron chi connectivity index (χ2n) is 5.36. The first-order valence-corrected chi connectivity index (χ1v) is 7.51. The van der Waals surface area contributed by atoms with Gasteiger partial charge in [-0.2, -0.15) is 0 Å². The number of carbonyl (C=O) groups excluding carboxylic acids is 1. The minimum absolute atomic E-state index is 0.00180. The van der Waals surface area contributed by atoms with Gasteiger partial charge >= 0.3 is 0 Å². The normalized spacial score (nSPS) is 15.1. The minimum Gasteiger partial charge on any atom is -0.396 e. The molecule has 1 aromatic rings. The first-order chi connectivity index (χ1) is 9.76. The van der Waals surface area contributed by atoms with Gasteiger partial charge in [-0.15, -0.1) is 0 Å². The van der Waals surface area contributed by atoms with Crippen molar-refractivity contribution >= 4 is 11.6 Å². The van der Waals surface area contributed by atoms with Crippen LogP contribution in [0.15, 0.2) is 18.2 Å². The highest BCUT2D eigenvalue weighted by atomic mass is 16.3. The Morgan fingerprint density at radius 2 is 2.35 bits per heavy atom. The predicted octanol–water partition coefficient (Wildman–Crippen LogP) is 2.18. The topological polar surface area (TPSA) is 61.4 Å². The van der Waals surface area contributed by atoms with Crippen LogP contribution in [0.1, 0.15) is 42.1 Å². The van der Waals surface area contributed by atoms with E-state index in [1.54, 1.807) is 0 Å². The monoisotopic (exact) mass is 276 g/mol. The molecule has 0 fully saturated rings. The Morgan fingerprint density at radius 1 is 1.50 bits per heavy atom. The Bertz CT molecular complexity index is 460. The predicted molar refractivity (Wildman–Crippen MR) is 81.1 cm³/mol. The maximum Gasteiger partial charge on any atom is 0.251 e. The van der Waals surface area contributed by atoms with Gasteiger partial charge in [-0.05, 0) is 42.9 Å². The molecule has 4 heteroatoms. The third-order valence-electron chi connectivity index (χ3n) is 4.01. The molecule has 0 spiro atoms. The standard InChI is InChI=1S/C16H24N2O2/c1-2-12(8-10-19)11-18-16(20)14-5-3-7-15-13(14)6-4-9-17-15/h3,5,7,12,17,19H,2,4,6,8-11H2,1H3,(H,18,20). The van der Waals surface area contributed by atoms with E-state index < -0.39 is 0 Å². The lowest BCUT2D eigenvalue weighted by molar-refractivity contribution is 0.0942. The van der Waals surface area contributed by atoms with Crippen molar-refractivity contribution in [2.75, 3.05) is 25.0 Å². The Balaban J connectivity index is 2.02. The van der Waals surface area contributed by atoms with Gasteiger partial charge in [0, 0.05) is 30.9 Å². The first-order valence-electron chi connectivity index (χ1n) is 7.51. The van der Waals surface area contributed by atoms with Crippen molar-refractivity contribution in [2.45, 2.75) is 32.6 Å². The molecule has 1 atom stereocenters. The maximum absolute atomic E-state index is 12.3. The summed E-state index contributed by atoms with van der Waals surface area (Å²) in [5.41, 5.74) is 3.01. The summed E-state index contributed by atoms with van der Waals surface area (Å²) < 4.78 is 0. The van der Waals surface area contributed by atoms with Crippen LogP contribution in [-0.2, 0) is 6.42 Å². The molecule has 3 N–H and O–H groups in total. The maximum atomic E-state index is 12.3. The molecule has 20 heavy (non-hydrogen) atoms. The first kappa shape index (κ1) is 14.9. The van der Waals surface area contributed by atoms with Crippen molar-refractivity contribution in [1.29, 1.82) is 0 Å². The average Bonchev–Trinajstić information content (AvgIpc) is 2.50. The molecular formula is C16H24N2O2. The Morgan fingerprint density at radius 3 is 3.10 bits per heavy atom. The molecule has 0 aliphatic carbocycles. The lowest BCUT2D eigenvalue weighted by atomic mass is 9.96. The summed E-state index contributed by atoms with van der Waals surface area (Å²) >= 11 is 0. The average molecular weight is 276 g/mol. The van der Waals surface area contributed by atoms with Crippen LogP contribution in [0, 0.1) is 5.92 Å². The van der Waals surface area contributed by atoms with Crippen molar-refractivity contribution in [3.8, 4) is 0 Å². The number of amides is 1. The summed E-state index contributed by atoms with van der Waals surface area (Å²) in [7, 11) is 0. The van der Waals surface area contributed by atoms with Crippen LogP contribution in [0.4, 0.5) is 5.69 Å². The zero-order valence-corrected chi connectivity index (χ0v) is 12.1. The van der Waals surface area contributed by atoms with Gasteiger partial charge < -0.3 is 15.7 Å². The Kier molecular flexibility index (Phi) is 5.41. The molecule has 0 radical (unpaired) electrons. The Hall–Kier alpha value is -1.55. The number of hydrogen-bond donors (Lipinski definition) is 3. The highest BCUT2D eigenvalue weighted by molar-refractivity contribution is 5.97. The summed E-state index contributed by atoms with van der Waals surface area (Å²) in [5, 5.41) is 15.3. The van der Waals surface area contributed by atoms with E-state index in [0.717, 1.165) is 49.0 Å². The van der Waals surface area contributed by atoms with Crippen LogP contribution in [-0.4, -0.2) is 30.7 Å². The highest BCUT2D eigenvalue weighted by Crippen LogP contribution is 2.25. The number of benzene rings is 1. The van der Waals surface area contributed by atoms with E-state index >= 15 is 0 Å². The molecule has 0 saturated heterocycles. The summed E-state index contributed by atoms with van der Waals surface area (Å²) in [5.74, 6) is 0.351. The van der Waals surface area contributed by atoms with E-state index in [1.165, 1.54) is 0 Å². The van der Waals surface area contributed by atoms with Crippen molar-refractivity contribution in [3.63, 3.8) is 0 Å². The van der Waals surface area contributed by atoms with Crippen molar-refractivity contribution in [2.24, 2.45) is 5.92 Å². The summed E-state index contributed by atoms with van der Waals surface area (Å²) in [6.45, 7) is 3.87. The fourth-order valence-corrected chi connectivity index (χ4v) is 2.69. The summed E-state index contributed by atoms with van der Waals surface area (Å²) in [6.07, 6.45) is 3.74. The van der Waals surface area contributed by atoms with Gasteiger partial charge in [0.15, 0.2) is 0 Å². The van der Waals surface area contributed by atoms with Gasteiger partial charge in [0.05, 0.1) is 0 Å². The quantitative estimate of drug-likeness (QED) is 0.746. The third-order valence-corrected chi connectivity index (χ3v) is 4.01. The number of fused-ring (bicyclic) bond motifs is 1. The van der Waals surface area contributed by atoms with Gasteiger partial charge in [0.1, 0.15) is 0 Å². The molecule has 110 valence electrons. The van der Waals surface area contributed by atoms with E-state index in [-0.39, 0.29) is 12.5 Å². The van der Waals surface area contributed by atoms with Gasteiger partial charge in [0.25, 0.3) is 5.91 Å². The summed E-state index contributed by atoms with van der Waals surface area (Å²) in [6, 6.07) is 5.86. The molecule has 0 bridgehead atoms. The molecule has 1 aliphatic heterocycles. The van der Waals surface area contributed by atoms with E-state index in [0.29, 0.717) is 12.5 Å². The largest absolute Gasteiger partial charge is 0.396 e. The molecule has 1 amide bonds.